The lowest BCUT2D eigenvalue weighted by atomic mass is 10.2. The maximum Gasteiger partial charge on any atom is 0.294 e. The number of hydrogen-bond donors (Lipinski definition) is 1. The average molecular weight is 431 g/mol. The molecule has 160 valence electrons. The number of hydrogen-bond acceptors (Lipinski definition) is 7. The number of nitro benzene ring substituents is 1. The van der Waals surface area contributed by atoms with Crippen LogP contribution in [-0.4, -0.2) is 35.1 Å². The van der Waals surface area contributed by atoms with E-state index in [0.717, 1.165) is 0 Å². The third-order valence-electron chi connectivity index (χ3n) is 4.66. The van der Waals surface area contributed by atoms with E-state index < -0.39 is 16.3 Å². The zero-order valence-electron chi connectivity index (χ0n) is 16.9. The average Bonchev–Trinajstić information content (AvgIpc) is 3.33. The zero-order chi connectivity index (χ0) is 22.7. The molecule has 0 fully saturated rings. The van der Waals surface area contributed by atoms with Crippen LogP contribution in [0.2, 0.25) is 0 Å². The van der Waals surface area contributed by atoms with Gasteiger partial charge >= 0.3 is 0 Å². The number of nitro groups is 1. The van der Waals surface area contributed by atoms with Crippen LogP contribution in [0.25, 0.3) is 11.5 Å². The number of aromatic nitrogens is 5. The Kier molecular flexibility index (Phi) is 5.53. The van der Waals surface area contributed by atoms with Gasteiger partial charge in [-0.1, -0.05) is 18.2 Å². The van der Waals surface area contributed by atoms with Gasteiger partial charge in [0, 0.05) is 43.0 Å². The standard InChI is InChI=1S/C21H17N7O4/c1-14-10-18(29)20(25-27(14)16-4-2-3-5-17(16)28(31)32)21(30)24-12-15-6-7-19(23-11-15)26-9-8-22-13-26/h2-11,13H,12H2,1H3,(H,24,30). The van der Waals surface area contributed by atoms with Crippen molar-refractivity contribution >= 4 is 11.6 Å². The molecule has 0 radical (unpaired) electrons. The molecule has 3 aromatic heterocycles. The molecule has 3 heterocycles. The van der Waals surface area contributed by atoms with E-state index in [1.807, 2.05) is 0 Å². The summed E-state index contributed by atoms with van der Waals surface area (Å²) >= 11 is 0. The molecule has 0 aliphatic carbocycles. The summed E-state index contributed by atoms with van der Waals surface area (Å²) < 4.78 is 2.96. The first-order valence-corrected chi connectivity index (χ1v) is 9.50. The minimum absolute atomic E-state index is 0.122. The number of carbonyl (C=O) groups excluding carboxylic acids is 1. The van der Waals surface area contributed by atoms with Gasteiger partial charge in [-0.15, -0.1) is 0 Å². The van der Waals surface area contributed by atoms with Crippen molar-refractivity contribution in [1.82, 2.24) is 29.6 Å². The first-order chi connectivity index (χ1) is 15.4. The molecular weight excluding hydrogens is 414 g/mol. The van der Waals surface area contributed by atoms with Crippen LogP contribution in [0.4, 0.5) is 5.69 Å². The van der Waals surface area contributed by atoms with E-state index in [9.17, 15) is 19.7 Å². The van der Waals surface area contributed by atoms with Crippen LogP contribution in [0.15, 0.2) is 72.2 Å². The van der Waals surface area contributed by atoms with Crippen LogP contribution in [0, 0.1) is 17.0 Å². The molecule has 1 N–H and O–H groups in total. The minimum Gasteiger partial charge on any atom is -0.346 e. The predicted molar refractivity (Wildman–Crippen MR) is 114 cm³/mol. The fourth-order valence-corrected chi connectivity index (χ4v) is 3.08. The number of carbonyl (C=O) groups is 1. The minimum atomic E-state index is -0.693. The normalized spacial score (nSPS) is 10.7. The summed E-state index contributed by atoms with van der Waals surface area (Å²) in [7, 11) is 0. The first-order valence-electron chi connectivity index (χ1n) is 9.50. The number of aryl methyl sites for hydroxylation is 1. The molecule has 11 heteroatoms. The summed E-state index contributed by atoms with van der Waals surface area (Å²) in [4.78, 5) is 44.1. The van der Waals surface area contributed by atoms with Crippen molar-refractivity contribution in [2.24, 2.45) is 0 Å². The number of nitrogens with one attached hydrogen (secondary N) is 1. The highest BCUT2D eigenvalue weighted by Gasteiger charge is 2.20. The third-order valence-corrected chi connectivity index (χ3v) is 4.66. The zero-order valence-corrected chi connectivity index (χ0v) is 16.9. The maximum atomic E-state index is 12.7. The summed E-state index contributed by atoms with van der Waals surface area (Å²) in [5.41, 5.74) is 0.0964. The molecule has 0 unspecified atom stereocenters. The number of benzene rings is 1. The Bertz CT molecular complexity index is 1350. The molecule has 0 bridgehead atoms. The van der Waals surface area contributed by atoms with Gasteiger partial charge in [-0.05, 0) is 24.6 Å². The monoisotopic (exact) mass is 431 g/mol. The Morgan fingerprint density at radius 3 is 2.72 bits per heavy atom. The van der Waals surface area contributed by atoms with Gasteiger partial charge in [0.2, 0.25) is 5.43 Å². The second-order valence-corrected chi connectivity index (χ2v) is 6.83. The molecule has 1 aromatic carbocycles. The Morgan fingerprint density at radius 2 is 2.03 bits per heavy atom. The Hall–Kier alpha value is -4.67. The summed E-state index contributed by atoms with van der Waals surface area (Å²) in [6.45, 7) is 1.71. The molecule has 0 spiro atoms. The maximum absolute atomic E-state index is 12.7. The van der Waals surface area contributed by atoms with Crippen LogP contribution >= 0.6 is 0 Å². The molecule has 1 amide bonds. The summed E-state index contributed by atoms with van der Waals surface area (Å²) in [6, 6.07) is 10.7. The highest BCUT2D eigenvalue weighted by atomic mass is 16.6. The van der Waals surface area contributed by atoms with E-state index in [1.54, 1.807) is 54.6 Å². The lowest BCUT2D eigenvalue weighted by molar-refractivity contribution is -0.384. The number of nitrogens with zero attached hydrogens (tertiary/aromatic N) is 6. The van der Waals surface area contributed by atoms with Crippen LogP contribution in [0.3, 0.4) is 0 Å². The van der Waals surface area contributed by atoms with E-state index in [4.69, 9.17) is 0 Å². The molecule has 0 aliphatic heterocycles. The molecule has 11 nitrogen and oxygen atoms in total. The van der Waals surface area contributed by atoms with E-state index in [2.05, 4.69) is 20.4 Å². The van der Waals surface area contributed by atoms with E-state index in [0.29, 0.717) is 17.1 Å². The number of amides is 1. The molecular formula is C21H17N7O4. The Labute approximate surface area is 181 Å². The van der Waals surface area contributed by atoms with Gasteiger partial charge in [0.1, 0.15) is 17.8 Å². The van der Waals surface area contributed by atoms with Crippen molar-refractivity contribution in [3.63, 3.8) is 0 Å². The van der Waals surface area contributed by atoms with Crippen LogP contribution in [0.5, 0.6) is 0 Å². The van der Waals surface area contributed by atoms with Crippen molar-refractivity contribution in [1.29, 1.82) is 0 Å². The van der Waals surface area contributed by atoms with Crippen LogP contribution in [-0.2, 0) is 6.54 Å². The number of rotatable bonds is 6. The first kappa shape index (κ1) is 20.6. The van der Waals surface area contributed by atoms with Gasteiger partial charge in [0.15, 0.2) is 5.69 Å². The second-order valence-electron chi connectivity index (χ2n) is 6.83. The van der Waals surface area contributed by atoms with Crippen molar-refractivity contribution < 1.29 is 9.72 Å². The SMILES string of the molecule is Cc1cc(=O)c(C(=O)NCc2ccc(-n3ccnc3)nc2)nn1-c1ccccc1[N+](=O)[O-]. The Balaban J connectivity index is 1.56. The smallest absolute Gasteiger partial charge is 0.294 e. The van der Waals surface area contributed by atoms with E-state index in [-0.39, 0.29) is 23.6 Å². The molecule has 0 aliphatic rings. The molecule has 4 aromatic rings. The van der Waals surface area contributed by atoms with Gasteiger partial charge in [-0.3, -0.25) is 24.3 Å². The highest BCUT2D eigenvalue weighted by Crippen LogP contribution is 2.22. The molecule has 0 atom stereocenters. The van der Waals surface area contributed by atoms with Gasteiger partial charge in [-0.25, -0.2) is 14.6 Å². The van der Waals surface area contributed by atoms with Gasteiger partial charge in [0.05, 0.1) is 4.92 Å². The number of para-hydroxylation sites is 2. The molecule has 0 saturated heterocycles. The molecule has 4 rings (SSSR count). The lowest BCUT2D eigenvalue weighted by Gasteiger charge is -2.11. The summed E-state index contributed by atoms with van der Waals surface area (Å²) in [5.74, 6) is -0.0221. The van der Waals surface area contributed by atoms with Crippen LogP contribution in [0.1, 0.15) is 21.7 Å². The molecule has 32 heavy (non-hydrogen) atoms. The van der Waals surface area contributed by atoms with Crippen molar-refractivity contribution in [2.45, 2.75) is 13.5 Å². The number of imidazole rings is 1. The fourth-order valence-electron chi connectivity index (χ4n) is 3.08. The second kappa shape index (κ2) is 8.60. The summed E-state index contributed by atoms with van der Waals surface area (Å²) in [5, 5.41) is 18.1. The van der Waals surface area contributed by atoms with Gasteiger partial charge in [0.25, 0.3) is 11.6 Å². The van der Waals surface area contributed by atoms with E-state index in [1.165, 1.54) is 28.9 Å². The van der Waals surface area contributed by atoms with Gasteiger partial charge < -0.3 is 5.32 Å². The lowest BCUT2D eigenvalue weighted by Crippen LogP contribution is -2.31. The van der Waals surface area contributed by atoms with Crippen LogP contribution < -0.4 is 10.7 Å². The van der Waals surface area contributed by atoms with Gasteiger partial charge in [-0.2, -0.15) is 5.10 Å². The topological polar surface area (TPSA) is 138 Å². The highest BCUT2D eigenvalue weighted by molar-refractivity contribution is 5.92. The van der Waals surface area contributed by atoms with Crippen molar-refractivity contribution in [3.8, 4) is 11.5 Å². The largest absolute Gasteiger partial charge is 0.346 e. The summed E-state index contributed by atoms with van der Waals surface area (Å²) in [6.07, 6.45) is 6.62. The predicted octanol–water partition coefficient (Wildman–Crippen LogP) is 1.96. The van der Waals surface area contributed by atoms with Crippen molar-refractivity contribution in [3.05, 3.63) is 105 Å². The fraction of sp³-hybridized carbons (Fsp3) is 0.0952. The van der Waals surface area contributed by atoms with E-state index >= 15 is 0 Å². The third kappa shape index (κ3) is 4.12. The van der Waals surface area contributed by atoms with Crippen molar-refractivity contribution in [2.75, 3.05) is 0 Å². The number of pyridine rings is 1. The molecule has 0 saturated carbocycles. The quantitative estimate of drug-likeness (QED) is 0.364. The Morgan fingerprint density at radius 1 is 1.22 bits per heavy atom.